The molecule has 1 N–H and O–H groups in total. The molecule has 1 heterocycles. The summed E-state index contributed by atoms with van der Waals surface area (Å²) in [5.74, 6) is 1.03. The Hall–Kier alpha value is -3.01. The third-order valence-corrected chi connectivity index (χ3v) is 4.12. The normalized spacial score (nSPS) is 11.8. The van der Waals surface area contributed by atoms with Crippen LogP contribution in [-0.2, 0) is 6.42 Å². The summed E-state index contributed by atoms with van der Waals surface area (Å²) in [6.45, 7) is 4.63. The zero-order valence-corrected chi connectivity index (χ0v) is 15.1. The Balaban J connectivity index is 1.59. The molecule has 2 aromatic carbocycles. The predicted molar refractivity (Wildman–Crippen MR) is 102 cm³/mol. The third kappa shape index (κ3) is 4.54. The largest absolute Gasteiger partial charge is 0.494 e. The first-order valence-electron chi connectivity index (χ1n) is 8.82. The van der Waals surface area contributed by atoms with Crippen LogP contribution in [0.4, 0.5) is 0 Å². The van der Waals surface area contributed by atoms with E-state index in [4.69, 9.17) is 9.15 Å². The summed E-state index contributed by atoms with van der Waals surface area (Å²) >= 11 is 0. The lowest BCUT2D eigenvalue weighted by Crippen LogP contribution is -2.33. The highest BCUT2D eigenvalue weighted by molar-refractivity contribution is 5.91. The van der Waals surface area contributed by atoms with Gasteiger partial charge in [-0.05, 0) is 61.2 Å². The molecule has 4 nitrogen and oxygen atoms in total. The highest BCUT2D eigenvalue weighted by Crippen LogP contribution is 2.23. The number of furan rings is 1. The second-order valence-electron chi connectivity index (χ2n) is 6.21. The van der Waals surface area contributed by atoms with Crippen LogP contribution in [0.25, 0.3) is 11.1 Å². The Morgan fingerprint density at radius 1 is 1.04 bits per heavy atom. The summed E-state index contributed by atoms with van der Waals surface area (Å²) in [7, 11) is 0. The molecule has 26 heavy (non-hydrogen) atoms. The molecule has 0 aliphatic carbocycles. The van der Waals surface area contributed by atoms with Crippen molar-refractivity contribution in [3.63, 3.8) is 0 Å². The van der Waals surface area contributed by atoms with Gasteiger partial charge >= 0.3 is 0 Å². The van der Waals surface area contributed by atoms with Crippen molar-refractivity contribution in [1.82, 2.24) is 5.32 Å². The van der Waals surface area contributed by atoms with Crippen molar-refractivity contribution in [3.05, 3.63) is 78.3 Å². The van der Waals surface area contributed by atoms with E-state index >= 15 is 0 Å². The van der Waals surface area contributed by atoms with Crippen molar-refractivity contribution >= 4 is 5.91 Å². The van der Waals surface area contributed by atoms with E-state index in [0.717, 1.165) is 23.3 Å². The maximum absolute atomic E-state index is 12.0. The first kappa shape index (κ1) is 17.8. The number of amides is 1. The van der Waals surface area contributed by atoms with Gasteiger partial charge in [0.05, 0.1) is 12.9 Å². The highest BCUT2D eigenvalue weighted by atomic mass is 16.5. The summed E-state index contributed by atoms with van der Waals surface area (Å²) in [6.07, 6.45) is 2.26. The minimum Gasteiger partial charge on any atom is -0.494 e. The minimum atomic E-state index is -0.187. The zero-order chi connectivity index (χ0) is 18.4. The summed E-state index contributed by atoms with van der Waals surface area (Å²) in [4.78, 5) is 12.0. The van der Waals surface area contributed by atoms with Crippen molar-refractivity contribution in [2.24, 2.45) is 0 Å². The van der Waals surface area contributed by atoms with E-state index in [2.05, 4.69) is 41.7 Å². The number of rotatable bonds is 7. The topological polar surface area (TPSA) is 51.5 Å². The molecule has 4 heteroatoms. The lowest BCUT2D eigenvalue weighted by molar-refractivity contribution is 0.0912. The smallest absolute Gasteiger partial charge is 0.287 e. The van der Waals surface area contributed by atoms with Gasteiger partial charge in [0.1, 0.15) is 5.75 Å². The highest BCUT2D eigenvalue weighted by Gasteiger charge is 2.12. The molecule has 1 amide bonds. The quantitative estimate of drug-likeness (QED) is 0.672. The lowest BCUT2D eigenvalue weighted by atomic mass is 10.0. The molecule has 3 rings (SSSR count). The lowest BCUT2D eigenvalue weighted by Gasteiger charge is -2.13. The maximum atomic E-state index is 12.0. The van der Waals surface area contributed by atoms with Gasteiger partial charge in [-0.25, -0.2) is 0 Å². The molecule has 134 valence electrons. The van der Waals surface area contributed by atoms with Crippen molar-refractivity contribution < 1.29 is 13.9 Å². The van der Waals surface area contributed by atoms with Crippen LogP contribution in [0.1, 0.15) is 30.0 Å². The third-order valence-electron chi connectivity index (χ3n) is 4.12. The van der Waals surface area contributed by atoms with Crippen LogP contribution >= 0.6 is 0 Å². The van der Waals surface area contributed by atoms with E-state index < -0.39 is 0 Å². The van der Waals surface area contributed by atoms with Gasteiger partial charge in [0.25, 0.3) is 5.91 Å². The summed E-state index contributed by atoms with van der Waals surface area (Å²) in [5.41, 5.74) is 3.48. The Bertz CT molecular complexity index is 821. The van der Waals surface area contributed by atoms with Crippen LogP contribution in [0.3, 0.4) is 0 Å². The Kier molecular flexibility index (Phi) is 5.74. The number of carbonyl (C=O) groups is 1. The van der Waals surface area contributed by atoms with Gasteiger partial charge in [-0.1, -0.05) is 36.4 Å². The fourth-order valence-corrected chi connectivity index (χ4v) is 2.85. The molecule has 3 aromatic rings. The summed E-state index contributed by atoms with van der Waals surface area (Å²) in [5, 5.41) is 2.95. The van der Waals surface area contributed by atoms with Gasteiger partial charge in [0.15, 0.2) is 5.76 Å². The van der Waals surface area contributed by atoms with E-state index in [0.29, 0.717) is 12.4 Å². The Morgan fingerprint density at radius 3 is 2.27 bits per heavy atom. The maximum Gasteiger partial charge on any atom is 0.287 e. The number of hydrogen-bond donors (Lipinski definition) is 1. The summed E-state index contributed by atoms with van der Waals surface area (Å²) < 4.78 is 10.6. The van der Waals surface area contributed by atoms with E-state index in [9.17, 15) is 4.79 Å². The fourth-order valence-electron chi connectivity index (χ4n) is 2.85. The van der Waals surface area contributed by atoms with Crippen LogP contribution in [0.5, 0.6) is 5.75 Å². The van der Waals surface area contributed by atoms with Gasteiger partial charge in [-0.15, -0.1) is 0 Å². The fraction of sp³-hybridized carbons (Fsp3) is 0.227. The molecule has 1 unspecified atom stereocenters. The van der Waals surface area contributed by atoms with Gasteiger partial charge in [0, 0.05) is 6.04 Å². The summed E-state index contributed by atoms with van der Waals surface area (Å²) in [6, 6.07) is 19.9. The standard InChI is InChI=1S/C22H23NO3/c1-3-25-20-12-10-19(11-13-20)18-8-6-17(7-9-18)15-16(2)23-22(24)21-5-4-14-26-21/h4-14,16H,3,15H2,1-2H3,(H,23,24). The van der Waals surface area contributed by atoms with Crippen molar-refractivity contribution in [2.75, 3.05) is 6.61 Å². The molecule has 0 saturated carbocycles. The monoisotopic (exact) mass is 349 g/mol. The molecular formula is C22H23NO3. The second kappa shape index (κ2) is 8.39. The van der Waals surface area contributed by atoms with Crippen molar-refractivity contribution in [1.29, 1.82) is 0 Å². The first-order valence-corrected chi connectivity index (χ1v) is 8.82. The number of ether oxygens (including phenoxy) is 1. The molecule has 0 radical (unpaired) electrons. The molecule has 0 spiro atoms. The minimum absolute atomic E-state index is 0.0175. The molecule has 0 aliphatic rings. The van der Waals surface area contributed by atoms with E-state index in [1.54, 1.807) is 12.1 Å². The number of carbonyl (C=O) groups excluding carboxylic acids is 1. The van der Waals surface area contributed by atoms with Crippen molar-refractivity contribution in [2.45, 2.75) is 26.3 Å². The van der Waals surface area contributed by atoms with E-state index in [-0.39, 0.29) is 11.9 Å². The zero-order valence-electron chi connectivity index (χ0n) is 15.1. The predicted octanol–water partition coefficient (Wildman–Crippen LogP) is 4.71. The van der Waals surface area contributed by atoms with Gasteiger partial charge in [-0.3, -0.25) is 4.79 Å². The number of hydrogen-bond acceptors (Lipinski definition) is 3. The van der Waals surface area contributed by atoms with Crippen molar-refractivity contribution in [3.8, 4) is 16.9 Å². The van der Waals surface area contributed by atoms with Gasteiger partial charge < -0.3 is 14.5 Å². The van der Waals surface area contributed by atoms with Crippen LogP contribution in [0.2, 0.25) is 0 Å². The molecule has 1 atom stereocenters. The average molecular weight is 349 g/mol. The first-order chi connectivity index (χ1) is 12.7. The molecule has 1 aromatic heterocycles. The SMILES string of the molecule is CCOc1ccc(-c2ccc(CC(C)NC(=O)c3ccco3)cc2)cc1. The van der Waals surface area contributed by atoms with E-state index in [1.165, 1.54) is 11.8 Å². The average Bonchev–Trinajstić information content (AvgIpc) is 3.18. The Morgan fingerprint density at radius 2 is 1.69 bits per heavy atom. The van der Waals surface area contributed by atoms with Crippen LogP contribution in [-0.4, -0.2) is 18.6 Å². The molecular weight excluding hydrogens is 326 g/mol. The molecule has 0 saturated heterocycles. The van der Waals surface area contributed by atoms with Crippen LogP contribution in [0.15, 0.2) is 71.3 Å². The molecule has 0 aliphatic heterocycles. The van der Waals surface area contributed by atoms with Gasteiger partial charge in [-0.2, -0.15) is 0 Å². The molecule has 0 bridgehead atoms. The Labute approximate surface area is 153 Å². The number of nitrogens with one attached hydrogen (secondary N) is 1. The van der Waals surface area contributed by atoms with E-state index in [1.807, 2.05) is 26.0 Å². The second-order valence-corrected chi connectivity index (χ2v) is 6.21. The number of benzene rings is 2. The molecule has 0 fully saturated rings. The van der Waals surface area contributed by atoms with Crippen LogP contribution < -0.4 is 10.1 Å². The van der Waals surface area contributed by atoms with Crippen LogP contribution in [0, 0.1) is 0 Å². The van der Waals surface area contributed by atoms with Gasteiger partial charge in [0.2, 0.25) is 0 Å².